The molecule has 141 heavy (non-hydrogen) atoms. The fraction of sp³-hybridized carbons (Fsp3) is 0.510. The first-order valence-electron chi connectivity index (χ1n) is 47.5. The Bertz CT molecular complexity index is 4940. The summed E-state index contributed by atoms with van der Waals surface area (Å²) in [4.78, 5) is 142. The number of ketones is 5. The van der Waals surface area contributed by atoms with Crippen molar-refractivity contribution in [2.75, 3.05) is 127 Å². The number of aliphatic hydroxyl groups is 7. The van der Waals surface area contributed by atoms with Crippen molar-refractivity contribution in [3.8, 4) is 23.0 Å². The van der Waals surface area contributed by atoms with Gasteiger partial charge < -0.3 is 121 Å². The number of epoxide rings is 2. The van der Waals surface area contributed by atoms with Gasteiger partial charge in [0, 0.05) is 45.4 Å². The summed E-state index contributed by atoms with van der Waals surface area (Å²) >= 11 is 0. The van der Waals surface area contributed by atoms with Crippen molar-refractivity contribution in [2.45, 2.75) is 196 Å². The summed E-state index contributed by atoms with van der Waals surface area (Å²) in [6.07, 6.45) is 7.30. The predicted molar refractivity (Wildman–Crippen MR) is 519 cm³/mol. The molecule has 0 spiro atoms. The number of nitrogens with two attached hydrogens (primary N) is 3. The molecule has 4 saturated heterocycles. The normalized spacial score (nSPS) is 19.2. The number of hydrogen-bond donors (Lipinski definition) is 14. The van der Waals surface area contributed by atoms with Crippen LogP contribution in [0, 0.1) is 17.8 Å². The summed E-state index contributed by atoms with van der Waals surface area (Å²) < 4.78 is 51.8. The molecule has 37 heteroatoms. The molecule has 0 unspecified atom stereocenters. The van der Waals surface area contributed by atoms with E-state index in [-0.39, 0.29) is 56.9 Å². The first-order chi connectivity index (χ1) is 67.7. The third-order valence-corrected chi connectivity index (χ3v) is 24.5. The van der Waals surface area contributed by atoms with E-state index < -0.39 is 169 Å². The number of carboxylic acids is 1. The van der Waals surface area contributed by atoms with Gasteiger partial charge in [-0.25, -0.2) is 0 Å². The zero-order valence-corrected chi connectivity index (χ0v) is 81.7. The van der Waals surface area contributed by atoms with Crippen LogP contribution in [0.1, 0.15) is 169 Å². The zero-order chi connectivity index (χ0) is 103. The molecular formula is C104H142N8O29. The maximum absolute atomic E-state index is 13.9. The van der Waals surface area contributed by atoms with Crippen molar-refractivity contribution in [2.24, 2.45) is 35.0 Å². The quantitative estimate of drug-likeness (QED) is 0.0122. The number of methoxy groups -OCH3 is 4. The van der Waals surface area contributed by atoms with Crippen LogP contribution in [-0.2, 0) is 94.4 Å². The molecular weight excluding hydrogens is 1830 g/mol. The van der Waals surface area contributed by atoms with Gasteiger partial charge >= 0.3 is 17.9 Å². The highest BCUT2D eigenvalue weighted by atomic mass is 16.6. The van der Waals surface area contributed by atoms with Crippen LogP contribution in [0.5, 0.6) is 23.0 Å². The van der Waals surface area contributed by atoms with Crippen LogP contribution >= 0.6 is 0 Å². The third-order valence-electron chi connectivity index (χ3n) is 24.5. The number of carbonyl (C=O) groups is 11. The van der Waals surface area contributed by atoms with Gasteiger partial charge in [-0.2, -0.15) is 0 Å². The molecule has 0 saturated carbocycles. The highest BCUT2D eigenvalue weighted by Crippen LogP contribution is 2.36. The molecule has 0 bridgehead atoms. The van der Waals surface area contributed by atoms with Gasteiger partial charge in [-0.05, 0) is 160 Å². The van der Waals surface area contributed by atoms with E-state index in [0.717, 1.165) is 61.6 Å². The van der Waals surface area contributed by atoms with Crippen molar-refractivity contribution in [1.82, 2.24) is 25.8 Å². The van der Waals surface area contributed by atoms with Gasteiger partial charge in [0.2, 0.25) is 17.7 Å². The van der Waals surface area contributed by atoms with E-state index in [2.05, 4.69) is 28.1 Å². The Hall–Kier alpha value is -11.5. The molecule has 0 aromatic heterocycles. The Morgan fingerprint density at radius 2 is 0.773 bits per heavy atom. The Labute approximate surface area is 823 Å². The summed E-state index contributed by atoms with van der Waals surface area (Å²) in [6, 6.07) is 38.1. The number of allylic oxidation sites excluding steroid dienone is 2. The lowest BCUT2D eigenvalue weighted by Gasteiger charge is -2.28. The molecule has 4 aliphatic heterocycles. The minimum atomic E-state index is -1.44. The average Bonchev–Trinajstić information content (AvgIpc) is 1.65. The molecule has 6 aromatic rings. The summed E-state index contributed by atoms with van der Waals surface area (Å²) in [5.74, 6) is -7.88. The molecule has 772 valence electrons. The van der Waals surface area contributed by atoms with E-state index in [9.17, 15) is 88.5 Å². The summed E-state index contributed by atoms with van der Waals surface area (Å²) in [5, 5.41) is 88.7. The van der Waals surface area contributed by atoms with Crippen molar-refractivity contribution < 1.29 is 141 Å². The number of Topliss-reactive ketones (excluding diaryl/α,β-unsaturated/α-hetero) is 5. The first-order valence-corrected chi connectivity index (χ1v) is 47.5. The molecule has 17 N–H and O–H groups in total. The van der Waals surface area contributed by atoms with Crippen molar-refractivity contribution in [1.29, 1.82) is 0 Å². The number of amides is 3. The minimum absolute atomic E-state index is 0.0196. The van der Waals surface area contributed by atoms with Crippen LogP contribution in [0.3, 0.4) is 0 Å². The second-order valence-corrected chi connectivity index (χ2v) is 35.0. The Morgan fingerprint density at radius 3 is 1.13 bits per heavy atom. The van der Waals surface area contributed by atoms with E-state index in [0.29, 0.717) is 111 Å². The fourth-order valence-corrected chi connectivity index (χ4v) is 15.5. The number of rotatable bonds is 47. The molecule has 3 amide bonds. The van der Waals surface area contributed by atoms with Crippen LogP contribution in [0.4, 0.5) is 0 Å². The van der Waals surface area contributed by atoms with Crippen LogP contribution in [-0.4, -0.2) is 290 Å². The number of carboxylic acid groups (broad SMARTS) is 1. The molecule has 6 aromatic carbocycles. The summed E-state index contributed by atoms with van der Waals surface area (Å²) in [7, 11) is 6.06. The molecule has 12 rings (SSSR count). The number of nitrogens with one attached hydrogen (secondary N) is 3. The molecule has 15 atom stereocenters. The molecule has 4 fully saturated rings. The fourth-order valence-electron chi connectivity index (χ4n) is 15.5. The van der Waals surface area contributed by atoms with Crippen LogP contribution < -0.4 is 52.1 Å². The van der Waals surface area contributed by atoms with Gasteiger partial charge in [-0.3, -0.25) is 62.5 Å². The average molecular weight is 1970 g/mol. The van der Waals surface area contributed by atoms with Crippen molar-refractivity contribution in [3.05, 3.63) is 214 Å². The van der Waals surface area contributed by atoms with Crippen LogP contribution in [0.25, 0.3) is 0 Å². The number of benzene rings is 6. The largest absolute Gasteiger partial charge is 0.497 e. The second-order valence-electron chi connectivity index (χ2n) is 35.0. The van der Waals surface area contributed by atoms with Gasteiger partial charge in [0.1, 0.15) is 71.6 Å². The minimum Gasteiger partial charge on any atom is -0.497 e. The van der Waals surface area contributed by atoms with Gasteiger partial charge in [0.05, 0.1) is 155 Å². The van der Waals surface area contributed by atoms with Gasteiger partial charge in [0.25, 0.3) is 0 Å². The van der Waals surface area contributed by atoms with Crippen LogP contribution in [0.15, 0.2) is 181 Å². The third kappa shape index (κ3) is 38.7. The molecule has 6 aliphatic rings. The SMILES string of the molecule is CC.COc1ccc([C@@H](O)[C@H](CC(=O)[C@@H](N)CO)C(=O)OCc2ccccc2)cc1.COc1ccc([C@@H](O)[C@H](CC(=O)[C@H](CO)NC(=O)CN2CCOCC2)C(=O)N[C@@H](CC2=CCCCC2)C(=O)[C@@]2(C)CO2)cc1.COc1ccc([C@@H](O)[C@H](CC(=O)[C@H](CO)NC(=O)CN2CCOCC2)C(=O)O)cc1.COc1ccc([C@@H](O)[C@H](N)C(=O)OCc2ccccc2)cc1.C[C@]1(C(=O)[C@@H](N)CC2=CCCCC2)CO1. The Morgan fingerprint density at radius 1 is 0.418 bits per heavy atom. The predicted octanol–water partition coefficient (Wildman–Crippen LogP) is 5.80. The Balaban J connectivity index is 0.000000248. The number of ether oxygens (including phenoxy) is 10. The number of aliphatic carboxylic acids is 1. The molecule has 2 aliphatic carbocycles. The number of morpholine rings is 2. The lowest BCUT2D eigenvalue weighted by atomic mass is 9.86. The van der Waals surface area contributed by atoms with Gasteiger partial charge in [-0.1, -0.05) is 146 Å². The Kier molecular flexibility index (Phi) is 50.2. The summed E-state index contributed by atoms with van der Waals surface area (Å²) in [5.41, 5.74) is 21.4. The van der Waals surface area contributed by atoms with E-state index in [1.165, 1.54) is 51.9 Å². The van der Waals surface area contributed by atoms with E-state index in [1.54, 1.807) is 111 Å². The van der Waals surface area contributed by atoms with E-state index in [4.69, 9.17) is 69.7 Å². The molecule has 37 nitrogen and oxygen atoms in total. The van der Waals surface area contributed by atoms with E-state index in [1.807, 2.05) is 79.1 Å². The van der Waals surface area contributed by atoms with E-state index >= 15 is 0 Å². The maximum atomic E-state index is 13.9. The lowest BCUT2D eigenvalue weighted by Crippen LogP contribution is -2.51. The monoisotopic (exact) mass is 1970 g/mol. The van der Waals surface area contributed by atoms with Crippen molar-refractivity contribution >= 4 is 64.5 Å². The molecule has 0 radical (unpaired) electrons. The topological polar surface area (TPSA) is 569 Å². The lowest BCUT2D eigenvalue weighted by molar-refractivity contribution is -0.156. The highest BCUT2D eigenvalue weighted by Gasteiger charge is 2.51. The number of esters is 2. The number of hydrogen-bond acceptors (Lipinski definition) is 33. The smallest absolute Gasteiger partial charge is 0.326 e. The first kappa shape index (κ1) is 116. The molecule has 4 heterocycles. The maximum Gasteiger partial charge on any atom is 0.326 e. The van der Waals surface area contributed by atoms with Crippen LogP contribution in [0.2, 0.25) is 0 Å². The van der Waals surface area contributed by atoms with Gasteiger partial charge in [0.15, 0.2) is 28.9 Å². The standard InChI is InChI=1S/C32H45N3O9.C21H25NO6.C20H28N2O8.C17H19NO4.C12H19NO2.C2H6/c1-32(20-44-32)30(40)25(16-21-6-4-3-5-7-21)34-31(41)24(29(39)22-8-10-23(42-2)11-9-22)17-27(37)26(19-36)33-28(38)18-35-12-14-43-15-13-35;1-27-16-9-7-15(8-10-16)20(25)17(11-19(24)18(22)12-23)21(26)28-13-14-5-3-2-4-6-14;1-29-14-4-2-13(3-5-14)19(26)15(20(27)28)10-17(24)16(12-23)21-18(25)11-22-6-8-30-9-7-22;1-21-14-9-7-13(8-10-14)16(19)15(18)17(20)22-11-12-5-3-2-4-6-12;1-12(8-15-12)11(14)10(13)7-9-5-3-2-4-6-9;1-2/h6,8-11,24-26,29,36,39H,3-5,7,12-20H2,1-2H3,(H,33,38)(H,34,41);2-10,17-18,20,23,25H,11-13,22H2,1H3;2-5,15-16,19,23,26H,6-12H2,1H3,(H,21,25)(H,27,28);2-10,15-16,19H,11,18H2,1H3;5,10H,2-4,6-8,13H2,1H3;1-2H3/t24-,25-,26-,29+,32+;17-,18-,20+;15-,16-,19+;15-,16+;10-,12+;/m00000./s1. The number of aliphatic hydroxyl groups excluding tert-OH is 7. The van der Waals surface area contributed by atoms with Crippen molar-refractivity contribution in [3.63, 3.8) is 0 Å². The highest BCUT2D eigenvalue weighted by molar-refractivity contribution is 5.99. The zero-order valence-electron chi connectivity index (χ0n) is 81.7. The summed E-state index contributed by atoms with van der Waals surface area (Å²) in [6.45, 7) is 11.0. The number of carbonyl (C=O) groups excluding carboxylic acids is 10. The van der Waals surface area contributed by atoms with Gasteiger partial charge in [-0.15, -0.1) is 0 Å². The second kappa shape index (κ2) is 60.7. The number of nitrogens with zero attached hydrogens (tertiary/aromatic N) is 2.